The van der Waals surface area contributed by atoms with Crippen LogP contribution >= 0.6 is 0 Å². The van der Waals surface area contributed by atoms with Gasteiger partial charge in [0.25, 0.3) is 0 Å². The third kappa shape index (κ3) is 19.8. The van der Waals surface area contributed by atoms with Crippen LogP contribution in [-0.4, -0.2) is 153 Å². The molecular weight excluding hydrogens is 739 g/mol. The molecule has 0 aliphatic heterocycles. The van der Waals surface area contributed by atoms with Gasteiger partial charge in [0.05, 0.1) is 119 Å². The molecule has 0 aromatic heterocycles. The van der Waals surface area contributed by atoms with E-state index in [0.29, 0.717) is 145 Å². The van der Waals surface area contributed by atoms with Crippen LogP contribution in [0.1, 0.15) is 44.2 Å². The first kappa shape index (κ1) is 47.9. The van der Waals surface area contributed by atoms with E-state index in [4.69, 9.17) is 51.8 Å². The van der Waals surface area contributed by atoms with Gasteiger partial charge in [0.2, 0.25) is 0 Å². The molecule has 0 unspecified atom stereocenters. The van der Waals surface area contributed by atoms with E-state index in [2.05, 4.69) is 63.4 Å². The second-order valence-electron chi connectivity index (χ2n) is 14.7. The number of nitrogens with one attached hydrogen (secondary N) is 1. The van der Waals surface area contributed by atoms with Crippen molar-refractivity contribution < 1.29 is 56.6 Å². The van der Waals surface area contributed by atoms with Gasteiger partial charge < -0.3 is 57.1 Å². The molecule has 1 aliphatic rings. The maximum absolute atomic E-state index is 12.3. The number of hydrogen-bond acceptors (Lipinski definition) is 12. The summed E-state index contributed by atoms with van der Waals surface area (Å²) in [4.78, 5) is 12.3. The summed E-state index contributed by atoms with van der Waals surface area (Å²) in [5.74, 6) is 0.0505. The van der Waals surface area contributed by atoms with Crippen molar-refractivity contribution in [3.63, 3.8) is 0 Å². The number of carbonyl (C=O) groups is 1. The second kappa shape index (κ2) is 28.8. The molecule has 0 spiro atoms. The predicted octanol–water partition coefficient (Wildman–Crippen LogP) is 6.09. The Balaban J connectivity index is 0.954. The number of alkyl carbamates (subject to hydrolysis) is 1. The van der Waals surface area contributed by atoms with Crippen molar-refractivity contribution >= 4 is 14.4 Å². The monoisotopic (exact) mass is 807 g/mol. The summed E-state index contributed by atoms with van der Waals surface area (Å²) in [5, 5.41) is 3.02. The molecule has 0 atom stereocenters. The van der Waals surface area contributed by atoms with Gasteiger partial charge in [-0.2, -0.15) is 0 Å². The molecule has 0 saturated carbocycles. The van der Waals surface area contributed by atoms with E-state index in [0.717, 1.165) is 0 Å². The fraction of sp³-hybridized carbons (Fsp3) is 0.690. The highest BCUT2D eigenvalue weighted by Gasteiger charge is 2.36. The smallest absolute Gasteiger partial charge is 0.407 e. The number of rotatable bonds is 34. The van der Waals surface area contributed by atoms with Crippen molar-refractivity contribution in [2.24, 2.45) is 0 Å². The summed E-state index contributed by atoms with van der Waals surface area (Å²) >= 11 is 0. The fourth-order valence-corrected chi connectivity index (χ4v) is 6.47. The van der Waals surface area contributed by atoms with E-state index in [1.165, 1.54) is 22.3 Å². The molecular formula is C42H69NO12Si. The lowest BCUT2D eigenvalue weighted by atomic mass is 9.98. The summed E-state index contributed by atoms with van der Waals surface area (Å²) in [6.07, 6.45) is 0.273. The summed E-state index contributed by atoms with van der Waals surface area (Å²) in [6.45, 7) is 21.8. The Morgan fingerprint density at radius 3 is 1.25 bits per heavy atom. The van der Waals surface area contributed by atoms with Gasteiger partial charge in [0, 0.05) is 19.1 Å². The number of amides is 1. The number of carbonyl (C=O) groups excluding carboxylic acids is 1. The quantitative estimate of drug-likeness (QED) is 0.0650. The molecule has 318 valence electrons. The lowest BCUT2D eigenvalue weighted by Gasteiger charge is -2.36. The van der Waals surface area contributed by atoms with E-state index < -0.39 is 14.4 Å². The van der Waals surface area contributed by atoms with E-state index in [9.17, 15) is 4.79 Å². The predicted molar refractivity (Wildman–Crippen MR) is 218 cm³/mol. The highest BCUT2D eigenvalue weighted by Crippen LogP contribution is 2.44. The Labute approximate surface area is 336 Å². The largest absolute Gasteiger partial charge is 0.449 e. The van der Waals surface area contributed by atoms with Crippen LogP contribution in [0.4, 0.5) is 4.79 Å². The van der Waals surface area contributed by atoms with Crippen molar-refractivity contribution in [3.8, 4) is 11.1 Å². The van der Waals surface area contributed by atoms with Crippen LogP contribution in [0, 0.1) is 0 Å². The molecule has 14 heteroatoms. The van der Waals surface area contributed by atoms with Gasteiger partial charge in [-0.3, -0.25) is 0 Å². The molecule has 2 aromatic rings. The Kier molecular flexibility index (Phi) is 24.7. The zero-order chi connectivity index (χ0) is 40.2. The molecule has 1 aliphatic carbocycles. The van der Waals surface area contributed by atoms with Gasteiger partial charge in [-0.15, -0.1) is 0 Å². The Hall–Kier alpha value is -2.47. The third-order valence-corrected chi connectivity index (χ3v) is 14.1. The van der Waals surface area contributed by atoms with Gasteiger partial charge in [-0.25, -0.2) is 4.79 Å². The number of hydrogen-bond donors (Lipinski definition) is 1. The van der Waals surface area contributed by atoms with Crippen LogP contribution in [0.15, 0.2) is 48.5 Å². The molecule has 13 nitrogen and oxygen atoms in total. The van der Waals surface area contributed by atoms with Crippen molar-refractivity contribution in [2.75, 3.05) is 139 Å². The Bertz CT molecular complexity index is 1270. The standard InChI is InChI=1S/C42H69NO12Si/c1-42(2,3)56(4,5)55-34-33-53-32-31-52-30-29-51-28-27-50-26-25-49-24-23-48-22-21-47-20-19-46-18-17-45-16-10-15-43-41(44)54-35-40-38-13-8-6-11-36(38)37-12-7-9-14-39(37)40/h6-9,11-14,40H,10,15-35H2,1-5H3,(H,43,44). The summed E-state index contributed by atoms with van der Waals surface area (Å²) in [5.41, 5.74) is 4.81. The zero-order valence-electron chi connectivity index (χ0n) is 34.7. The highest BCUT2D eigenvalue weighted by molar-refractivity contribution is 6.74. The fourth-order valence-electron chi connectivity index (χ4n) is 5.45. The molecule has 56 heavy (non-hydrogen) atoms. The minimum Gasteiger partial charge on any atom is -0.449 e. The normalized spacial score (nSPS) is 12.9. The lowest BCUT2D eigenvalue weighted by Crippen LogP contribution is -2.41. The number of ether oxygens (including phenoxy) is 10. The number of benzene rings is 2. The first-order valence-electron chi connectivity index (χ1n) is 20.1. The van der Waals surface area contributed by atoms with Crippen LogP contribution in [0.5, 0.6) is 0 Å². The van der Waals surface area contributed by atoms with Crippen LogP contribution in [0.2, 0.25) is 18.1 Å². The van der Waals surface area contributed by atoms with E-state index in [1.54, 1.807) is 0 Å². The first-order chi connectivity index (χ1) is 27.2. The van der Waals surface area contributed by atoms with E-state index in [1.807, 2.05) is 24.3 Å². The molecule has 1 N–H and O–H groups in total. The average Bonchev–Trinajstić information content (AvgIpc) is 3.50. The van der Waals surface area contributed by atoms with Crippen molar-refractivity contribution in [3.05, 3.63) is 59.7 Å². The van der Waals surface area contributed by atoms with Crippen LogP contribution in [0.25, 0.3) is 11.1 Å². The van der Waals surface area contributed by atoms with Crippen molar-refractivity contribution in [1.82, 2.24) is 5.32 Å². The molecule has 1 amide bonds. The summed E-state index contributed by atoms with van der Waals surface area (Å²) < 4.78 is 61.5. The van der Waals surface area contributed by atoms with Gasteiger partial charge >= 0.3 is 6.09 Å². The van der Waals surface area contributed by atoms with Crippen molar-refractivity contribution in [2.45, 2.75) is 51.2 Å². The summed E-state index contributed by atoms with van der Waals surface area (Å²) in [6, 6.07) is 16.6. The molecule has 0 fully saturated rings. The van der Waals surface area contributed by atoms with E-state index in [-0.39, 0.29) is 11.0 Å². The zero-order valence-corrected chi connectivity index (χ0v) is 35.7. The Morgan fingerprint density at radius 2 is 0.875 bits per heavy atom. The third-order valence-electron chi connectivity index (χ3n) is 9.55. The molecule has 0 heterocycles. The minimum absolute atomic E-state index is 0.0505. The second-order valence-corrected chi connectivity index (χ2v) is 19.5. The molecule has 0 radical (unpaired) electrons. The molecule has 0 bridgehead atoms. The van der Waals surface area contributed by atoms with Gasteiger partial charge in [-0.1, -0.05) is 69.3 Å². The van der Waals surface area contributed by atoms with Gasteiger partial charge in [-0.05, 0) is 46.8 Å². The molecule has 3 rings (SSSR count). The highest BCUT2D eigenvalue weighted by atomic mass is 28.4. The van der Waals surface area contributed by atoms with Crippen molar-refractivity contribution in [1.29, 1.82) is 0 Å². The number of fused-ring (bicyclic) bond motifs is 3. The summed E-state index contributed by atoms with van der Waals surface area (Å²) in [7, 11) is -1.71. The van der Waals surface area contributed by atoms with Gasteiger partial charge in [0.15, 0.2) is 8.32 Å². The lowest BCUT2D eigenvalue weighted by molar-refractivity contribution is -0.0254. The minimum atomic E-state index is -1.71. The van der Waals surface area contributed by atoms with E-state index >= 15 is 0 Å². The SMILES string of the molecule is CC(C)(C)[Si](C)(C)OCCOCCOCCOCCOCCOCCOCCOCCOCCOCCCNC(=O)OCC1c2ccccc2-c2ccccc21. The average molecular weight is 808 g/mol. The maximum atomic E-state index is 12.3. The topological polar surface area (TPSA) is 131 Å². The molecule has 0 saturated heterocycles. The van der Waals surface area contributed by atoms with Crippen LogP contribution in [0.3, 0.4) is 0 Å². The van der Waals surface area contributed by atoms with Gasteiger partial charge in [0.1, 0.15) is 6.61 Å². The maximum Gasteiger partial charge on any atom is 0.407 e. The van der Waals surface area contributed by atoms with Crippen LogP contribution < -0.4 is 5.32 Å². The first-order valence-corrected chi connectivity index (χ1v) is 23.0. The Morgan fingerprint density at radius 1 is 0.536 bits per heavy atom. The van der Waals surface area contributed by atoms with Crippen LogP contribution in [-0.2, 0) is 51.8 Å². The molecule has 2 aromatic carbocycles.